The van der Waals surface area contributed by atoms with Crippen LogP contribution < -0.4 is 5.73 Å². The predicted molar refractivity (Wildman–Crippen MR) is 56.5 cm³/mol. The molecule has 0 aromatic rings. The number of nitrogens with two attached hydrogens (primary N) is 1. The molecule has 0 radical (unpaired) electrons. The molecule has 0 aromatic carbocycles. The van der Waals surface area contributed by atoms with Crippen LogP contribution in [-0.2, 0) is 14.3 Å². The first-order chi connectivity index (χ1) is 7.15. The third-order valence-corrected chi connectivity index (χ3v) is 2.59. The van der Waals surface area contributed by atoms with Gasteiger partial charge in [-0.15, -0.1) is 0 Å². The van der Waals surface area contributed by atoms with E-state index in [0.29, 0.717) is 19.8 Å². The fourth-order valence-corrected chi connectivity index (χ4v) is 1.55. The molecule has 2 atom stereocenters. The lowest BCUT2D eigenvalue weighted by Crippen LogP contribution is -2.45. The number of hydrogen-bond acceptors (Lipinski definition) is 4. The second kappa shape index (κ2) is 6.05. The van der Waals surface area contributed by atoms with Crippen molar-refractivity contribution in [2.24, 2.45) is 5.73 Å². The van der Waals surface area contributed by atoms with Crippen molar-refractivity contribution in [2.75, 3.05) is 33.9 Å². The normalized spacial score (nSPS) is 26.3. The van der Waals surface area contributed by atoms with Gasteiger partial charge in [-0.1, -0.05) is 0 Å². The van der Waals surface area contributed by atoms with E-state index in [1.54, 1.807) is 19.1 Å². The highest BCUT2D eigenvalue weighted by molar-refractivity contribution is 5.80. The smallest absolute Gasteiger partial charge is 0.251 e. The Morgan fingerprint density at radius 2 is 2.33 bits per heavy atom. The molecule has 1 rings (SSSR count). The van der Waals surface area contributed by atoms with E-state index in [9.17, 15) is 4.79 Å². The van der Waals surface area contributed by atoms with E-state index in [0.717, 1.165) is 12.8 Å². The van der Waals surface area contributed by atoms with Crippen molar-refractivity contribution >= 4 is 5.91 Å². The van der Waals surface area contributed by atoms with Crippen molar-refractivity contribution in [3.05, 3.63) is 0 Å². The summed E-state index contributed by atoms with van der Waals surface area (Å²) in [6.07, 6.45) is 1.26. The number of methoxy groups -OCH3 is 1. The monoisotopic (exact) mass is 216 g/mol. The maximum Gasteiger partial charge on any atom is 0.251 e. The van der Waals surface area contributed by atoms with Gasteiger partial charge in [0.25, 0.3) is 5.91 Å². The summed E-state index contributed by atoms with van der Waals surface area (Å²) in [7, 11) is 3.38. The van der Waals surface area contributed by atoms with E-state index in [4.69, 9.17) is 15.2 Å². The average molecular weight is 216 g/mol. The summed E-state index contributed by atoms with van der Waals surface area (Å²) in [5.41, 5.74) is 5.68. The lowest BCUT2D eigenvalue weighted by atomic mass is 10.1. The van der Waals surface area contributed by atoms with Crippen LogP contribution in [0.2, 0.25) is 0 Å². The molecule has 0 bridgehead atoms. The van der Waals surface area contributed by atoms with Crippen molar-refractivity contribution in [1.82, 2.24) is 4.90 Å². The van der Waals surface area contributed by atoms with E-state index < -0.39 is 0 Å². The van der Waals surface area contributed by atoms with Crippen LogP contribution in [0.3, 0.4) is 0 Å². The molecular formula is C10H20N2O3. The summed E-state index contributed by atoms with van der Waals surface area (Å²) in [4.78, 5) is 13.5. The lowest BCUT2D eigenvalue weighted by Gasteiger charge is -2.29. The lowest BCUT2D eigenvalue weighted by molar-refractivity contribution is -0.146. The Morgan fingerprint density at radius 3 is 2.87 bits per heavy atom. The molecule has 1 heterocycles. The van der Waals surface area contributed by atoms with Gasteiger partial charge in [-0.25, -0.2) is 0 Å². The molecule has 1 saturated heterocycles. The van der Waals surface area contributed by atoms with E-state index in [2.05, 4.69) is 0 Å². The third kappa shape index (κ3) is 3.77. The fraction of sp³-hybridized carbons (Fsp3) is 0.900. The Bertz CT molecular complexity index is 203. The largest absolute Gasteiger partial charge is 0.383 e. The van der Waals surface area contributed by atoms with Crippen molar-refractivity contribution < 1.29 is 14.3 Å². The highest BCUT2D eigenvalue weighted by Gasteiger charge is 2.27. The van der Waals surface area contributed by atoms with E-state index in [1.807, 2.05) is 0 Å². The molecule has 1 aliphatic heterocycles. The number of amides is 1. The molecule has 15 heavy (non-hydrogen) atoms. The SMILES string of the molecule is COCCN(C)C(=O)[C@@H]1CC[C@@H](N)CO1. The molecule has 0 saturated carbocycles. The molecule has 0 unspecified atom stereocenters. The van der Waals surface area contributed by atoms with Crippen LogP contribution in [-0.4, -0.2) is 56.9 Å². The molecule has 5 nitrogen and oxygen atoms in total. The number of carbonyl (C=O) groups is 1. The Labute approximate surface area is 90.5 Å². The van der Waals surface area contributed by atoms with E-state index >= 15 is 0 Å². The molecular weight excluding hydrogens is 196 g/mol. The van der Waals surface area contributed by atoms with E-state index in [1.165, 1.54) is 0 Å². The van der Waals surface area contributed by atoms with Gasteiger partial charge in [-0.3, -0.25) is 4.79 Å². The molecule has 88 valence electrons. The van der Waals surface area contributed by atoms with E-state index in [-0.39, 0.29) is 18.1 Å². The van der Waals surface area contributed by atoms with Crippen LogP contribution in [0.1, 0.15) is 12.8 Å². The summed E-state index contributed by atoms with van der Waals surface area (Å²) in [6, 6.07) is 0.0818. The average Bonchev–Trinajstić information content (AvgIpc) is 2.26. The summed E-state index contributed by atoms with van der Waals surface area (Å²) in [6.45, 7) is 1.63. The highest BCUT2D eigenvalue weighted by Crippen LogP contribution is 2.13. The van der Waals surface area contributed by atoms with Gasteiger partial charge >= 0.3 is 0 Å². The zero-order valence-electron chi connectivity index (χ0n) is 9.44. The van der Waals surface area contributed by atoms with Crippen molar-refractivity contribution in [1.29, 1.82) is 0 Å². The Hall–Kier alpha value is -0.650. The standard InChI is InChI=1S/C10H20N2O3/c1-12(5-6-14-2)10(13)9-4-3-8(11)7-15-9/h8-9H,3-7,11H2,1-2H3/t8-,9+/m1/s1. The number of rotatable bonds is 4. The molecule has 5 heteroatoms. The first-order valence-corrected chi connectivity index (χ1v) is 5.26. The van der Waals surface area contributed by atoms with Crippen LogP contribution in [0.5, 0.6) is 0 Å². The zero-order valence-corrected chi connectivity index (χ0v) is 9.44. The third-order valence-electron chi connectivity index (χ3n) is 2.59. The minimum absolute atomic E-state index is 0.0268. The summed E-state index contributed by atoms with van der Waals surface area (Å²) >= 11 is 0. The summed E-state index contributed by atoms with van der Waals surface area (Å²) in [5.74, 6) is 0.0268. The van der Waals surface area contributed by atoms with Crippen LogP contribution in [0.25, 0.3) is 0 Å². The summed E-state index contributed by atoms with van der Waals surface area (Å²) in [5, 5.41) is 0. The summed E-state index contributed by atoms with van der Waals surface area (Å²) < 4.78 is 10.3. The van der Waals surface area contributed by atoms with Crippen molar-refractivity contribution in [3.8, 4) is 0 Å². The second-order valence-electron chi connectivity index (χ2n) is 3.91. The number of carbonyl (C=O) groups excluding carboxylic acids is 1. The number of nitrogens with zero attached hydrogens (tertiary/aromatic N) is 1. The molecule has 0 aliphatic carbocycles. The predicted octanol–water partition coefficient (Wildman–Crippen LogP) is -0.402. The Balaban J connectivity index is 2.32. The van der Waals surface area contributed by atoms with Crippen LogP contribution in [0, 0.1) is 0 Å². The molecule has 0 aromatic heterocycles. The molecule has 1 aliphatic rings. The van der Waals surface area contributed by atoms with Gasteiger partial charge in [0.05, 0.1) is 13.2 Å². The van der Waals surface area contributed by atoms with Crippen LogP contribution in [0.4, 0.5) is 0 Å². The molecule has 0 spiro atoms. The van der Waals surface area contributed by atoms with Crippen LogP contribution >= 0.6 is 0 Å². The topological polar surface area (TPSA) is 64.8 Å². The maximum atomic E-state index is 11.8. The minimum Gasteiger partial charge on any atom is -0.383 e. The fourth-order valence-electron chi connectivity index (χ4n) is 1.55. The highest BCUT2D eigenvalue weighted by atomic mass is 16.5. The number of likely N-dealkylation sites (N-methyl/N-ethyl adjacent to an activating group) is 1. The quantitative estimate of drug-likeness (QED) is 0.694. The van der Waals surface area contributed by atoms with Gasteiger partial charge in [0.1, 0.15) is 6.10 Å². The first kappa shape index (κ1) is 12.4. The van der Waals surface area contributed by atoms with Gasteiger partial charge in [-0.05, 0) is 12.8 Å². The first-order valence-electron chi connectivity index (χ1n) is 5.26. The van der Waals surface area contributed by atoms with Crippen molar-refractivity contribution in [3.63, 3.8) is 0 Å². The zero-order chi connectivity index (χ0) is 11.3. The molecule has 1 fully saturated rings. The van der Waals surface area contributed by atoms with Crippen molar-refractivity contribution in [2.45, 2.75) is 25.0 Å². The second-order valence-corrected chi connectivity index (χ2v) is 3.91. The molecule has 2 N–H and O–H groups in total. The number of hydrogen-bond donors (Lipinski definition) is 1. The van der Waals surface area contributed by atoms with Gasteiger partial charge < -0.3 is 20.1 Å². The maximum absolute atomic E-state index is 11.8. The Kier molecular flexibility index (Phi) is 5.01. The van der Waals surface area contributed by atoms with Gasteiger partial charge in [0, 0.05) is 26.7 Å². The minimum atomic E-state index is -0.313. The van der Waals surface area contributed by atoms with Crippen LogP contribution in [0.15, 0.2) is 0 Å². The van der Waals surface area contributed by atoms with Gasteiger partial charge in [0.2, 0.25) is 0 Å². The van der Waals surface area contributed by atoms with Gasteiger partial charge in [0.15, 0.2) is 0 Å². The Morgan fingerprint density at radius 1 is 1.60 bits per heavy atom. The number of ether oxygens (including phenoxy) is 2. The van der Waals surface area contributed by atoms with Gasteiger partial charge in [-0.2, -0.15) is 0 Å². The molecule has 1 amide bonds.